The van der Waals surface area contributed by atoms with Crippen molar-refractivity contribution in [1.82, 2.24) is 0 Å². The first-order valence-corrected chi connectivity index (χ1v) is 32.3. The molecule has 0 saturated carbocycles. The van der Waals surface area contributed by atoms with Gasteiger partial charge in [0.05, 0.1) is 0 Å². The lowest BCUT2D eigenvalue weighted by Crippen LogP contribution is -2.30. The number of unbranched alkanes of at least 4 members (excludes halogenated alkanes) is 45. The van der Waals surface area contributed by atoms with Crippen molar-refractivity contribution >= 4 is 17.9 Å². The molecule has 0 aliphatic carbocycles. The van der Waals surface area contributed by atoms with Crippen LogP contribution in [0.5, 0.6) is 0 Å². The van der Waals surface area contributed by atoms with Gasteiger partial charge in [-0.3, -0.25) is 14.4 Å². The van der Waals surface area contributed by atoms with Gasteiger partial charge < -0.3 is 14.2 Å². The molecule has 0 saturated heterocycles. The molecule has 0 radical (unpaired) electrons. The van der Waals surface area contributed by atoms with Crippen molar-refractivity contribution in [3.05, 3.63) is 24.3 Å². The van der Waals surface area contributed by atoms with Crippen molar-refractivity contribution in [2.75, 3.05) is 13.2 Å². The fourth-order valence-corrected chi connectivity index (χ4v) is 9.83. The number of allylic oxidation sites excluding steroid dienone is 4. The van der Waals surface area contributed by atoms with Gasteiger partial charge in [0.25, 0.3) is 0 Å². The van der Waals surface area contributed by atoms with E-state index in [1.807, 2.05) is 0 Å². The summed E-state index contributed by atoms with van der Waals surface area (Å²) in [5.41, 5.74) is 0. The van der Waals surface area contributed by atoms with Crippen LogP contribution < -0.4 is 0 Å². The third-order valence-electron chi connectivity index (χ3n) is 14.7. The summed E-state index contributed by atoms with van der Waals surface area (Å²) < 4.78 is 16.9. The zero-order valence-electron chi connectivity index (χ0n) is 48.7. The second-order valence-corrected chi connectivity index (χ2v) is 22.0. The molecule has 6 heteroatoms. The van der Waals surface area contributed by atoms with E-state index in [-0.39, 0.29) is 31.1 Å². The molecule has 0 aliphatic heterocycles. The van der Waals surface area contributed by atoms with Gasteiger partial charge in [-0.15, -0.1) is 0 Å². The molecular weight excluding hydrogens is 889 g/mol. The Labute approximate surface area is 449 Å². The number of hydrogen-bond acceptors (Lipinski definition) is 6. The Morgan fingerprint density at radius 3 is 0.792 bits per heavy atom. The van der Waals surface area contributed by atoms with E-state index in [0.717, 1.165) is 64.2 Å². The van der Waals surface area contributed by atoms with Crippen LogP contribution >= 0.6 is 0 Å². The second kappa shape index (κ2) is 61.4. The minimum atomic E-state index is -0.769. The van der Waals surface area contributed by atoms with Crippen LogP contribution in [0.2, 0.25) is 0 Å². The van der Waals surface area contributed by atoms with E-state index in [2.05, 4.69) is 45.1 Å². The van der Waals surface area contributed by atoms with E-state index >= 15 is 0 Å². The molecule has 0 N–H and O–H groups in total. The molecule has 6 nitrogen and oxygen atoms in total. The molecule has 0 heterocycles. The van der Waals surface area contributed by atoms with Crippen molar-refractivity contribution in [1.29, 1.82) is 0 Å². The van der Waals surface area contributed by atoms with E-state index in [4.69, 9.17) is 14.2 Å². The molecule has 0 aromatic heterocycles. The van der Waals surface area contributed by atoms with Crippen LogP contribution in [-0.2, 0) is 28.6 Å². The summed E-state index contributed by atoms with van der Waals surface area (Å²) >= 11 is 0. The molecule has 424 valence electrons. The smallest absolute Gasteiger partial charge is 0.306 e. The summed E-state index contributed by atoms with van der Waals surface area (Å²) in [6, 6.07) is 0. The molecule has 72 heavy (non-hydrogen) atoms. The van der Waals surface area contributed by atoms with Crippen LogP contribution in [0.3, 0.4) is 0 Å². The number of hydrogen-bond donors (Lipinski definition) is 0. The standard InChI is InChI=1S/C66H124O6/c1-4-7-10-13-16-19-22-24-26-28-30-31-32-33-34-36-37-39-41-44-47-50-53-56-59-65(68)71-62-63(61-70-64(67)58-55-52-49-46-43-21-18-15-12-9-6-3)72-66(69)60-57-54-51-48-45-42-40-38-35-29-27-25-23-20-17-14-11-8-5-2/h17,20,25,27,63H,4-16,18-19,21-24,26,28-62H2,1-3H3/b20-17-,27-25-. The highest BCUT2D eigenvalue weighted by atomic mass is 16.6. The van der Waals surface area contributed by atoms with Gasteiger partial charge >= 0.3 is 17.9 Å². The minimum Gasteiger partial charge on any atom is -0.462 e. The topological polar surface area (TPSA) is 78.9 Å². The fourth-order valence-electron chi connectivity index (χ4n) is 9.83. The molecule has 0 aliphatic rings. The maximum absolute atomic E-state index is 12.9. The van der Waals surface area contributed by atoms with E-state index < -0.39 is 6.10 Å². The van der Waals surface area contributed by atoms with E-state index in [1.54, 1.807) is 0 Å². The number of ether oxygens (including phenoxy) is 3. The highest BCUT2D eigenvalue weighted by Gasteiger charge is 2.19. The molecule has 0 rings (SSSR count). The molecule has 0 aromatic rings. The average Bonchev–Trinajstić information content (AvgIpc) is 3.38. The SMILES string of the molecule is CCCCC/C=C\C/C=C\CCCCCCCCCCCC(=O)OC(COC(=O)CCCCCCCCCCCCC)COC(=O)CCCCCCCCCCCCCCCCCCCCCCCCCC. The van der Waals surface area contributed by atoms with Gasteiger partial charge in [0.1, 0.15) is 13.2 Å². The first-order chi connectivity index (χ1) is 35.5. The Bertz CT molecular complexity index is 1160. The second-order valence-electron chi connectivity index (χ2n) is 22.0. The Morgan fingerprint density at radius 1 is 0.278 bits per heavy atom. The predicted octanol–water partition coefficient (Wildman–Crippen LogP) is 21.8. The summed E-state index contributed by atoms with van der Waals surface area (Å²) in [6.07, 6.45) is 73.3. The molecule has 0 aromatic carbocycles. The predicted molar refractivity (Wildman–Crippen MR) is 312 cm³/mol. The summed E-state index contributed by atoms with van der Waals surface area (Å²) in [4.78, 5) is 38.2. The van der Waals surface area contributed by atoms with E-state index in [0.29, 0.717) is 19.3 Å². The summed E-state index contributed by atoms with van der Waals surface area (Å²) in [7, 11) is 0. The van der Waals surface area contributed by atoms with E-state index in [9.17, 15) is 14.4 Å². The molecule has 0 spiro atoms. The first kappa shape index (κ1) is 69.9. The van der Waals surface area contributed by atoms with Crippen molar-refractivity contribution in [2.24, 2.45) is 0 Å². The van der Waals surface area contributed by atoms with Gasteiger partial charge in [-0.1, -0.05) is 315 Å². The number of esters is 3. The Hall–Kier alpha value is -2.11. The van der Waals surface area contributed by atoms with Crippen LogP contribution in [0.4, 0.5) is 0 Å². The Kier molecular flexibility index (Phi) is 59.6. The van der Waals surface area contributed by atoms with E-state index in [1.165, 1.54) is 257 Å². The summed E-state index contributed by atoms with van der Waals surface area (Å²) in [6.45, 7) is 6.67. The molecular formula is C66H124O6. The zero-order valence-corrected chi connectivity index (χ0v) is 48.7. The number of carbonyl (C=O) groups is 3. The lowest BCUT2D eigenvalue weighted by molar-refractivity contribution is -0.167. The van der Waals surface area contributed by atoms with Gasteiger partial charge in [-0.25, -0.2) is 0 Å². The first-order valence-electron chi connectivity index (χ1n) is 32.3. The zero-order chi connectivity index (χ0) is 52.2. The third kappa shape index (κ3) is 58.8. The van der Waals surface area contributed by atoms with Crippen LogP contribution in [-0.4, -0.2) is 37.2 Å². The lowest BCUT2D eigenvalue weighted by Gasteiger charge is -2.18. The fraction of sp³-hybridized carbons (Fsp3) is 0.894. The van der Waals surface area contributed by atoms with Gasteiger partial charge in [0.15, 0.2) is 6.10 Å². The van der Waals surface area contributed by atoms with Crippen molar-refractivity contribution in [2.45, 2.75) is 367 Å². The molecule has 1 unspecified atom stereocenters. The highest BCUT2D eigenvalue weighted by molar-refractivity contribution is 5.71. The van der Waals surface area contributed by atoms with Crippen LogP contribution in [0.1, 0.15) is 361 Å². The maximum Gasteiger partial charge on any atom is 0.306 e. The van der Waals surface area contributed by atoms with Gasteiger partial charge in [0.2, 0.25) is 0 Å². The third-order valence-corrected chi connectivity index (χ3v) is 14.7. The van der Waals surface area contributed by atoms with Gasteiger partial charge in [-0.2, -0.15) is 0 Å². The average molecular weight is 1010 g/mol. The van der Waals surface area contributed by atoms with Crippen LogP contribution in [0, 0.1) is 0 Å². The molecule has 0 bridgehead atoms. The number of rotatable bonds is 60. The van der Waals surface area contributed by atoms with Gasteiger partial charge in [0, 0.05) is 19.3 Å². The van der Waals surface area contributed by atoms with Crippen LogP contribution in [0.15, 0.2) is 24.3 Å². The van der Waals surface area contributed by atoms with Crippen LogP contribution in [0.25, 0.3) is 0 Å². The minimum absolute atomic E-state index is 0.0669. The Balaban J connectivity index is 4.20. The monoisotopic (exact) mass is 1010 g/mol. The van der Waals surface area contributed by atoms with Crippen molar-refractivity contribution in [3.63, 3.8) is 0 Å². The van der Waals surface area contributed by atoms with Crippen molar-refractivity contribution < 1.29 is 28.6 Å². The van der Waals surface area contributed by atoms with Gasteiger partial charge in [-0.05, 0) is 51.4 Å². The number of carbonyl (C=O) groups excluding carboxylic acids is 3. The Morgan fingerprint density at radius 2 is 0.500 bits per heavy atom. The quantitative estimate of drug-likeness (QED) is 0.0261. The van der Waals surface area contributed by atoms with Crippen molar-refractivity contribution in [3.8, 4) is 0 Å². The largest absolute Gasteiger partial charge is 0.462 e. The summed E-state index contributed by atoms with van der Waals surface area (Å²) in [5.74, 6) is -0.846. The molecule has 0 amide bonds. The molecule has 1 atom stereocenters. The summed E-state index contributed by atoms with van der Waals surface area (Å²) in [5, 5.41) is 0. The highest BCUT2D eigenvalue weighted by Crippen LogP contribution is 2.18. The molecule has 0 fully saturated rings. The lowest BCUT2D eigenvalue weighted by atomic mass is 10.0. The maximum atomic E-state index is 12.9. The normalized spacial score (nSPS) is 12.1.